The number of nitrogens with zero attached hydrogens (tertiary/aromatic N) is 2. The Hall–Kier alpha value is -1.53. The Labute approximate surface area is 129 Å². The van der Waals surface area contributed by atoms with Crippen molar-refractivity contribution in [2.24, 2.45) is 0 Å². The van der Waals surface area contributed by atoms with Crippen molar-refractivity contribution in [2.45, 2.75) is 19.5 Å². The maximum Gasteiger partial charge on any atom is 0.418 e. The van der Waals surface area contributed by atoms with Crippen molar-refractivity contribution in [3.8, 4) is 0 Å². The Morgan fingerprint density at radius 1 is 1.14 bits per heavy atom. The van der Waals surface area contributed by atoms with E-state index in [2.05, 4.69) is 15.3 Å². The molecular formula is C13H10Cl2F3N3. The molecule has 0 amide bonds. The molecule has 0 fully saturated rings. The Balaban J connectivity index is 2.42. The number of aromatic nitrogens is 2. The van der Waals surface area contributed by atoms with Gasteiger partial charge in [-0.15, -0.1) is 0 Å². The molecule has 0 bridgehead atoms. The highest BCUT2D eigenvalue weighted by Gasteiger charge is 2.34. The molecule has 21 heavy (non-hydrogen) atoms. The first kappa shape index (κ1) is 15.9. The SMILES string of the molecule is CCc1nc(Cl)cc(Nc2ccc(Cl)cc2C(F)(F)F)n1. The monoisotopic (exact) mass is 335 g/mol. The zero-order chi connectivity index (χ0) is 15.6. The molecular weight excluding hydrogens is 326 g/mol. The van der Waals surface area contributed by atoms with Gasteiger partial charge in [0, 0.05) is 17.5 Å². The minimum absolute atomic E-state index is 0.00263. The lowest BCUT2D eigenvalue weighted by Crippen LogP contribution is -2.09. The van der Waals surface area contributed by atoms with Gasteiger partial charge in [0.1, 0.15) is 16.8 Å². The summed E-state index contributed by atoms with van der Waals surface area (Å²) in [7, 11) is 0. The van der Waals surface area contributed by atoms with Crippen LogP contribution in [0.15, 0.2) is 24.3 Å². The quantitative estimate of drug-likeness (QED) is 0.792. The molecule has 0 radical (unpaired) electrons. The zero-order valence-electron chi connectivity index (χ0n) is 10.8. The second-order valence-electron chi connectivity index (χ2n) is 4.16. The summed E-state index contributed by atoms with van der Waals surface area (Å²) >= 11 is 11.4. The number of halogens is 5. The van der Waals surface area contributed by atoms with Crippen LogP contribution in [-0.4, -0.2) is 9.97 Å². The normalized spacial score (nSPS) is 11.5. The van der Waals surface area contributed by atoms with Crippen LogP contribution in [0.1, 0.15) is 18.3 Å². The van der Waals surface area contributed by atoms with E-state index in [9.17, 15) is 13.2 Å². The zero-order valence-corrected chi connectivity index (χ0v) is 12.3. The molecule has 0 spiro atoms. The maximum absolute atomic E-state index is 13.0. The predicted molar refractivity (Wildman–Crippen MR) is 76.2 cm³/mol. The topological polar surface area (TPSA) is 37.8 Å². The molecule has 0 aliphatic heterocycles. The fourth-order valence-corrected chi connectivity index (χ4v) is 2.06. The van der Waals surface area contributed by atoms with Gasteiger partial charge in [-0.25, -0.2) is 9.97 Å². The maximum atomic E-state index is 13.0. The molecule has 0 unspecified atom stereocenters. The van der Waals surface area contributed by atoms with Crippen LogP contribution in [-0.2, 0) is 12.6 Å². The van der Waals surface area contributed by atoms with Gasteiger partial charge in [0.2, 0.25) is 0 Å². The lowest BCUT2D eigenvalue weighted by atomic mass is 10.1. The molecule has 0 saturated carbocycles. The van der Waals surface area contributed by atoms with Crippen molar-refractivity contribution < 1.29 is 13.2 Å². The summed E-state index contributed by atoms with van der Waals surface area (Å²) in [6.45, 7) is 1.82. The van der Waals surface area contributed by atoms with Gasteiger partial charge in [-0.2, -0.15) is 13.2 Å². The number of hydrogen-bond acceptors (Lipinski definition) is 3. The molecule has 8 heteroatoms. The van der Waals surface area contributed by atoms with E-state index in [-0.39, 0.29) is 21.7 Å². The van der Waals surface area contributed by atoms with Gasteiger partial charge in [0.15, 0.2) is 0 Å². The smallest absolute Gasteiger partial charge is 0.340 e. The summed E-state index contributed by atoms with van der Waals surface area (Å²) in [4.78, 5) is 8.04. The Bertz CT molecular complexity index is 660. The highest BCUT2D eigenvalue weighted by atomic mass is 35.5. The number of benzene rings is 1. The summed E-state index contributed by atoms with van der Waals surface area (Å²) < 4.78 is 39.0. The molecule has 1 heterocycles. The molecule has 2 aromatic rings. The number of rotatable bonds is 3. The van der Waals surface area contributed by atoms with Gasteiger partial charge in [-0.1, -0.05) is 30.1 Å². The van der Waals surface area contributed by atoms with Crippen LogP contribution in [0.25, 0.3) is 0 Å². The fourth-order valence-electron chi connectivity index (χ4n) is 1.68. The lowest BCUT2D eigenvalue weighted by molar-refractivity contribution is -0.136. The first-order valence-electron chi connectivity index (χ1n) is 5.97. The van der Waals surface area contributed by atoms with E-state index in [1.807, 2.05) is 6.92 Å². The molecule has 0 aliphatic carbocycles. The minimum Gasteiger partial charge on any atom is -0.340 e. The van der Waals surface area contributed by atoms with Crippen molar-refractivity contribution in [3.63, 3.8) is 0 Å². The third-order valence-corrected chi connectivity index (χ3v) is 3.04. The second-order valence-corrected chi connectivity index (χ2v) is 4.98. The lowest BCUT2D eigenvalue weighted by Gasteiger charge is -2.15. The van der Waals surface area contributed by atoms with Crippen molar-refractivity contribution in [1.82, 2.24) is 9.97 Å². The van der Waals surface area contributed by atoms with E-state index in [4.69, 9.17) is 23.2 Å². The Morgan fingerprint density at radius 3 is 2.48 bits per heavy atom. The van der Waals surface area contributed by atoms with Crippen LogP contribution in [0.3, 0.4) is 0 Å². The van der Waals surface area contributed by atoms with Gasteiger partial charge in [-0.3, -0.25) is 0 Å². The molecule has 3 nitrogen and oxygen atoms in total. The van der Waals surface area contributed by atoms with Crippen LogP contribution < -0.4 is 5.32 Å². The summed E-state index contributed by atoms with van der Waals surface area (Å²) in [6.07, 6.45) is -4.01. The van der Waals surface area contributed by atoms with Crippen LogP contribution in [0.2, 0.25) is 10.2 Å². The predicted octanol–water partition coefficient (Wildman–Crippen LogP) is 5.11. The first-order chi connectivity index (χ1) is 9.79. The number of anilines is 2. The molecule has 1 aromatic heterocycles. The van der Waals surface area contributed by atoms with E-state index in [1.54, 1.807) is 0 Å². The van der Waals surface area contributed by atoms with Crippen LogP contribution in [0.4, 0.5) is 24.7 Å². The summed E-state index contributed by atoms with van der Waals surface area (Å²) in [5, 5.41) is 2.77. The standard InChI is InChI=1S/C13H10Cl2F3N3/c1-2-11-20-10(15)6-12(21-11)19-9-4-3-7(14)5-8(9)13(16,17)18/h3-6H,2H2,1H3,(H,19,20,21). The van der Waals surface area contributed by atoms with Crippen molar-refractivity contribution in [3.05, 3.63) is 45.8 Å². The molecule has 0 atom stereocenters. The third-order valence-electron chi connectivity index (χ3n) is 2.61. The number of alkyl halides is 3. The van der Waals surface area contributed by atoms with Gasteiger partial charge < -0.3 is 5.32 Å². The van der Waals surface area contributed by atoms with Gasteiger partial charge in [0.25, 0.3) is 0 Å². The second kappa shape index (κ2) is 6.07. The van der Waals surface area contributed by atoms with E-state index in [0.717, 1.165) is 6.07 Å². The molecule has 1 N–H and O–H groups in total. The van der Waals surface area contributed by atoms with Crippen molar-refractivity contribution in [2.75, 3.05) is 5.32 Å². The Kier molecular flexibility index (Phi) is 4.58. The summed E-state index contributed by atoms with van der Waals surface area (Å²) in [5.41, 5.74) is -1.02. The largest absolute Gasteiger partial charge is 0.418 e. The van der Waals surface area contributed by atoms with Gasteiger partial charge in [0.05, 0.1) is 11.3 Å². The van der Waals surface area contributed by atoms with E-state index >= 15 is 0 Å². The third kappa shape index (κ3) is 3.98. The minimum atomic E-state index is -4.53. The van der Waals surface area contributed by atoms with E-state index in [0.29, 0.717) is 12.2 Å². The van der Waals surface area contributed by atoms with Crippen LogP contribution >= 0.6 is 23.2 Å². The van der Waals surface area contributed by atoms with Gasteiger partial charge in [-0.05, 0) is 18.2 Å². The molecule has 0 saturated heterocycles. The first-order valence-corrected chi connectivity index (χ1v) is 6.72. The fraction of sp³-hybridized carbons (Fsp3) is 0.231. The van der Waals surface area contributed by atoms with Crippen LogP contribution in [0, 0.1) is 0 Å². The molecule has 112 valence electrons. The average Bonchev–Trinajstić information content (AvgIpc) is 2.39. The van der Waals surface area contributed by atoms with Crippen molar-refractivity contribution in [1.29, 1.82) is 0 Å². The van der Waals surface area contributed by atoms with Crippen molar-refractivity contribution >= 4 is 34.7 Å². The highest BCUT2D eigenvalue weighted by molar-refractivity contribution is 6.30. The molecule has 0 aliphatic rings. The summed E-state index contributed by atoms with van der Waals surface area (Å²) in [6, 6.07) is 4.82. The summed E-state index contributed by atoms with van der Waals surface area (Å²) in [5.74, 6) is 0.632. The van der Waals surface area contributed by atoms with Crippen LogP contribution in [0.5, 0.6) is 0 Å². The average molecular weight is 336 g/mol. The number of nitrogens with one attached hydrogen (secondary N) is 1. The Morgan fingerprint density at radius 2 is 1.86 bits per heavy atom. The van der Waals surface area contributed by atoms with E-state index in [1.165, 1.54) is 18.2 Å². The molecule has 1 aromatic carbocycles. The van der Waals surface area contributed by atoms with Gasteiger partial charge >= 0.3 is 6.18 Å². The number of aryl methyl sites for hydroxylation is 1. The highest BCUT2D eigenvalue weighted by Crippen LogP contribution is 2.37. The number of hydrogen-bond donors (Lipinski definition) is 1. The van der Waals surface area contributed by atoms with E-state index < -0.39 is 11.7 Å². The molecule has 2 rings (SSSR count).